The first-order valence-corrected chi connectivity index (χ1v) is 12.3. The van der Waals surface area contributed by atoms with Gasteiger partial charge in [0.25, 0.3) is 0 Å². The SMILES string of the molecule is CCCCCCCCCCCCCCc1cc(C)ccn1.F[P-](F)(F)(F)(F)F.[H+]. The molecule has 0 radical (unpaired) electrons. The number of unbranched alkanes of at least 4 members (excludes halogenated alkanes) is 11. The standard InChI is InChI=1S/C20H35N.F6P/c1-3-4-5-6-7-8-9-10-11-12-13-14-15-20-18-19(2)16-17-21-20;1-7(2,3,4,5)6/h16-18H,3-15H2,1-2H3;/q;-1/p+1. The molecule has 1 nitrogen and oxygen atoms in total. The number of hydrogen-bond acceptors (Lipinski definition) is 1. The summed E-state index contributed by atoms with van der Waals surface area (Å²) >= 11 is 0. The molecule has 0 amide bonds. The molecule has 28 heavy (non-hydrogen) atoms. The molecular weight excluding hydrogens is 399 g/mol. The average Bonchev–Trinajstić information content (AvgIpc) is 2.53. The molecule has 1 rings (SSSR count). The number of aryl methyl sites for hydroxylation is 2. The van der Waals surface area contributed by atoms with Gasteiger partial charge in [0.05, 0.1) is 0 Å². The average molecular weight is 435 g/mol. The van der Waals surface area contributed by atoms with Gasteiger partial charge in [0, 0.05) is 11.9 Å². The molecule has 0 aromatic carbocycles. The Balaban J connectivity index is 0. The van der Waals surface area contributed by atoms with Gasteiger partial charge in [0.2, 0.25) is 0 Å². The van der Waals surface area contributed by atoms with Gasteiger partial charge in [0.15, 0.2) is 0 Å². The largest absolute Gasteiger partial charge is 1.00 e. The summed E-state index contributed by atoms with van der Waals surface area (Å²) in [5.41, 5.74) is 2.60. The predicted molar refractivity (Wildman–Crippen MR) is 108 cm³/mol. The smallest absolute Gasteiger partial charge is 1.00 e. The minimum Gasteiger partial charge on any atom is 1.00 e. The third-order valence-electron chi connectivity index (χ3n) is 4.26. The van der Waals surface area contributed by atoms with Crippen LogP contribution in [0, 0.1) is 6.92 Å². The van der Waals surface area contributed by atoms with Gasteiger partial charge in [-0.25, -0.2) is 0 Å². The van der Waals surface area contributed by atoms with Crippen molar-refractivity contribution in [2.45, 2.75) is 97.3 Å². The van der Waals surface area contributed by atoms with Crippen LogP contribution in [0.4, 0.5) is 25.2 Å². The van der Waals surface area contributed by atoms with Gasteiger partial charge in [-0.1, -0.05) is 77.6 Å². The van der Waals surface area contributed by atoms with Crippen LogP contribution in [-0.4, -0.2) is 4.98 Å². The van der Waals surface area contributed by atoms with E-state index in [2.05, 4.69) is 31.0 Å². The zero-order valence-corrected chi connectivity index (χ0v) is 18.0. The first-order valence-electron chi connectivity index (χ1n) is 10.3. The van der Waals surface area contributed by atoms with Crippen molar-refractivity contribution in [3.8, 4) is 0 Å². The number of halogens is 6. The maximum atomic E-state index is 9.87. The van der Waals surface area contributed by atoms with Crippen LogP contribution in [-0.2, 0) is 6.42 Å². The van der Waals surface area contributed by atoms with Crippen LogP contribution in [0.25, 0.3) is 0 Å². The summed E-state index contributed by atoms with van der Waals surface area (Å²) in [4.78, 5) is 4.43. The van der Waals surface area contributed by atoms with Crippen molar-refractivity contribution in [2.24, 2.45) is 0 Å². The van der Waals surface area contributed by atoms with Crippen LogP contribution in [0.15, 0.2) is 18.3 Å². The molecule has 1 aromatic heterocycles. The van der Waals surface area contributed by atoms with Gasteiger partial charge in [-0.15, -0.1) is 0 Å². The molecular formula is C20H36F6NP. The minimum absolute atomic E-state index is 0. The van der Waals surface area contributed by atoms with Crippen molar-refractivity contribution in [1.29, 1.82) is 0 Å². The van der Waals surface area contributed by atoms with Crippen molar-refractivity contribution in [3.63, 3.8) is 0 Å². The normalized spacial score (nSPS) is 14.0. The Morgan fingerprint density at radius 3 is 1.54 bits per heavy atom. The first-order chi connectivity index (χ1) is 12.8. The van der Waals surface area contributed by atoms with Gasteiger partial charge < -0.3 is 0 Å². The van der Waals surface area contributed by atoms with E-state index in [1.54, 1.807) is 0 Å². The maximum absolute atomic E-state index is 10.7. The molecule has 0 aliphatic rings. The molecule has 0 saturated heterocycles. The Morgan fingerprint density at radius 1 is 0.750 bits per heavy atom. The fourth-order valence-corrected chi connectivity index (χ4v) is 2.88. The summed E-state index contributed by atoms with van der Waals surface area (Å²) in [5.74, 6) is 0. The van der Waals surface area contributed by atoms with Crippen LogP contribution in [0.1, 0.15) is 96.7 Å². The molecule has 0 aliphatic carbocycles. The maximum Gasteiger partial charge on any atom is 1.00 e. The molecule has 1 heterocycles. The van der Waals surface area contributed by atoms with Gasteiger partial charge >= 0.3 is 34.4 Å². The van der Waals surface area contributed by atoms with Crippen LogP contribution in [0.3, 0.4) is 0 Å². The minimum atomic E-state index is -10.7. The summed E-state index contributed by atoms with van der Waals surface area (Å²) in [6.45, 7) is 4.43. The molecule has 0 atom stereocenters. The fourth-order valence-electron chi connectivity index (χ4n) is 2.88. The van der Waals surface area contributed by atoms with Crippen molar-refractivity contribution < 1.29 is 26.6 Å². The Hall–Kier alpha value is -0.840. The zero-order valence-electron chi connectivity index (χ0n) is 18.1. The Kier molecular flexibility index (Phi) is 11.6. The number of nitrogens with zero attached hydrogens (tertiary/aromatic N) is 1. The quantitative estimate of drug-likeness (QED) is 0.171. The second-order valence-corrected chi connectivity index (χ2v) is 9.34. The summed E-state index contributed by atoms with van der Waals surface area (Å²) in [6, 6.07) is 4.30. The van der Waals surface area contributed by atoms with Crippen LogP contribution in [0.2, 0.25) is 0 Å². The Labute approximate surface area is 167 Å². The number of aromatic nitrogens is 1. The van der Waals surface area contributed by atoms with Crippen molar-refractivity contribution in [3.05, 3.63) is 29.6 Å². The van der Waals surface area contributed by atoms with E-state index in [9.17, 15) is 25.2 Å². The van der Waals surface area contributed by atoms with Crippen LogP contribution < -0.4 is 0 Å². The van der Waals surface area contributed by atoms with E-state index in [1.807, 2.05) is 6.20 Å². The summed E-state index contributed by atoms with van der Waals surface area (Å²) in [6.07, 6.45) is 20.1. The monoisotopic (exact) mass is 435 g/mol. The molecule has 0 fully saturated rings. The van der Waals surface area contributed by atoms with Gasteiger partial charge in [0.1, 0.15) is 0 Å². The Bertz CT molecular complexity index is 525. The van der Waals surface area contributed by atoms with Crippen LogP contribution in [0.5, 0.6) is 0 Å². The molecule has 0 unspecified atom stereocenters. The van der Waals surface area contributed by atoms with E-state index in [-0.39, 0.29) is 1.43 Å². The number of pyridine rings is 1. The molecule has 168 valence electrons. The third kappa shape index (κ3) is 27.4. The third-order valence-corrected chi connectivity index (χ3v) is 4.26. The van der Waals surface area contributed by atoms with E-state index in [4.69, 9.17) is 0 Å². The van der Waals surface area contributed by atoms with E-state index >= 15 is 0 Å². The fraction of sp³-hybridized carbons (Fsp3) is 0.750. The predicted octanol–water partition coefficient (Wildman–Crippen LogP) is 10.1. The molecule has 1 aromatic rings. The second-order valence-electron chi connectivity index (χ2n) is 7.42. The molecule has 0 aliphatic heterocycles. The van der Waals surface area contributed by atoms with Gasteiger partial charge in [-0.3, -0.25) is 4.98 Å². The van der Waals surface area contributed by atoms with E-state index in [0.29, 0.717) is 0 Å². The van der Waals surface area contributed by atoms with Gasteiger partial charge in [-0.05, 0) is 37.5 Å². The molecule has 0 N–H and O–H groups in total. The van der Waals surface area contributed by atoms with Crippen molar-refractivity contribution in [2.75, 3.05) is 0 Å². The van der Waals surface area contributed by atoms with Crippen LogP contribution >= 0.6 is 7.81 Å². The van der Waals surface area contributed by atoms with Gasteiger partial charge in [-0.2, -0.15) is 0 Å². The molecule has 8 heteroatoms. The second kappa shape index (κ2) is 12.0. The molecule has 0 bridgehead atoms. The van der Waals surface area contributed by atoms with Crippen molar-refractivity contribution in [1.82, 2.24) is 4.98 Å². The zero-order chi connectivity index (χ0) is 21.6. The number of hydrogen-bond donors (Lipinski definition) is 0. The summed E-state index contributed by atoms with van der Waals surface area (Å²) < 4.78 is 59.2. The molecule has 0 saturated carbocycles. The van der Waals surface area contributed by atoms with Crippen molar-refractivity contribution >= 4 is 7.81 Å². The summed E-state index contributed by atoms with van der Waals surface area (Å²) in [7, 11) is -10.7. The van der Waals surface area contributed by atoms with E-state index in [0.717, 1.165) is 6.42 Å². The Morgan fingerprint density at radius 2 is 1.14 bits per heavy atom. The first kappa shape index (κ1) is 27.2. The van der Waals surface area contributed by atoms with E-state index in [1.165, 1.54) is 88.3 Å². The topological polar surface area (TPSA) is 12.9 Å². The molecule has 0 spiro atoms. The van der Waals surface area contributed by atoms with E-state index < -0.39 is 7.81 Å². The number of rotatable bonds is 13. The summed E-state index contributed by atoms with van der Waals surface area (Å²) in [5, 5.41) is 0.